The maximum atomic E-state index is 13.3. The molecule has 7 rings (SSSR count). The summed E-state index contributed by atoms with van der Waals surface area (Å²) in [5, 5.41) is 10.0. The first-order valence-electron chi connectivity index (χ1n) is 13.8. The number of rotatable bonds is 6. The molecular formula is C30H34N2O6. The Bertz CT molecular complexity index is 1300. The molecule has 2 aliphatic heterocycles. The van der Waals surface area contributed by atoms with E-state index in [0.717, 1.165) is 50.8 Å². The largest absolute Gasteiger partial charge is 0.483 e. The van der Waals surface area contributed by atoms with Gasteiger partial charge in [0.25, 0.3) is 0 Å². The number of nitrogens with zero attached hydrogens (tertiary/aromatic N) is 2. The van der Waals surface area contributed by atoms with Gasteiger partial charge in [-0.1, -0.05) is 6.07 Å². The van der Waals surface area contributed by atoms with Gasteiger partial charge in [0.2, 0.25) is 5.91 Å². The molecule has 1 saturated heterocycles. The molecule has 7 atom stereocenters. The molecule has 2 unspecified atom stereocenters. The van der Waals surface area contributed by atoms with Crippen molar-refractivity contribution in [2.75, 3.05) is 20.1 Å². The van der Waals surface area contributed by atoms with Crippen LogP contribution in [0.4, 0.5) is 0 Å². The minimum atomic E-state index is -0.367. The van der Waals surface area contributed by atoms with Crippen LogP contribution in [0.2, 0.25) is 0 Å². The van der Waals surface area contributed by atoms with Crippen molar-refractivity contribution in [3.63, 3.8) is 0 Å². The first kappa shape index (κ1) is 24.0. The molecule has 5 aliphatic rings. The fraction of sp³-hybridized carbons (Fsp3) is 0.533. The van der Waals surface area contributed by atoms with Crippen LogP contribution >= 0.6 is 0 Å². The lowest BCUT2D eigenvalue weighted by atomic mass is 9.51. The number of ether oxygens (including phenoxy) is 2. The first-order chi connectivity index (χ1) is 18.4. The lowest BCUT2D eigenvalue weighted by Crippen LogP contribution is -2.69. The highest BCUT2D eigenvalue weighted by Crippen LogP contribution is 2.64. The molecule has 200 valence electrons. The molecule has 1 aromatic heterocycles. The number of hydrogen-bond acceptors (Lipinski definition) is 7. The molecule has 3 heterocycles. The molecule has 2 aromatic rings. The maximum Gasteiger partial charge on any atom is 0.308 e. The van der Waals surface area contributed by atoms with E-state index in [4.69, 9.17) is 13.9 Å². The third-order valence-electron chi connectivity index (χ3n) is 9.80. The maximum absolute atomic E-state index is 13.3. The van der Waals surface area contributed by atoms with Crippen LogP contribution < -0.4 is 9.47 Å². The summed E-state index contributed by atoms with van der Waals surface area (Å²) < 4.78 is 17.6. The highest BCUT2D eigenvalue weighted by Gasteiger charge is 2.66. The number of amides is 1. The number of carbonyl (C=O) groups is 2. The second-order valence-corrected chi connectivity index (χ2v) is 11.8. The van der Waals surface area contributed by atoms with Crippen molar-refractivity contribution in [1.29, 1.82) is 0 Å². The summed E-state index contributed by atoms with van der Waals surface area (Å²) in [6, 6.07) is 6.07. The summed E-state index contributed by atoms with van der Waals surface area (Å²) in [7, 11) is 1.87. The Morgan fingerprint density at radius 3 is 2.87 bits per heavy atom. The SMILES string of the molecule is CC(=O)Oc1ccc2c3c1O[C@H]1[C@@H](N(C)C(=O)C=Cc4ccoc4)CC[C@H]4[C@@H](C2)N(CC2CC2O)CC[C@@]341. The number of piperidine rings is 1. The van der Waals surface area contributed by atoms with E-state index in [9.17, 15) is 14.7 Å². The topological polar surface area (TPSA) is 92.5 Å². The zero-order chi connectivity index (χ0) is 26.2. The van der Waals surface area contributed by atoms with E-state index >= 15 is 0 Å². The van der Waals surface area contributed by atoms with E-state index in [0.29, 0.717) is 29.4 Å². The molecule has 2 saturated carbocycles. The van der Waals surface area contributed by atoms with Crippen molar-refractivity contribution >= 4 is 18.0 Å². The summed E-state index contributed by atoms with van der Waals surface area (Å²) in [5.41, 5.74) is 3.08. The molecule has 1 aromatic carbocycles. The zero-order valence-electron chi connectivity index (χ0n) is 21.8. The van der Waals surface area contributed by atoms with Crippen LogP contribution in [0, 0.1) is 11.8 Å². The fourth-order valence-electron chi connectivity index (χ4n) is 7.99. The van der Waals surface area contributed by atoms with Crippen LogP contribution in [-0.2, 0) is 21.4 Å². The van der Waals surface area contributed by atoms with Gasteiger partial charge in [-0.2, -0.15) is 0 Å². The molecule has 1 spiro atoms. The van der Waals surface area contributed by atoms with Crippen LogP contribution in [-0.4, -0.2) is 71.2 Å². The number of likely N-dealkylation sites (N-methyl/N-ethyl adjacent to an activating group) is 1. The van der Waals surface area contributed by atoms with Gasteiger partial charge >= 0.3 is 5.97 Å². The molecule has 3 fully saturated rings. The van der Waals surface area contributed by atoms with Crippen LogP contribution in [0.1, 0.15) is 49.3 Å². The number of likely N-dealkylation sites (tertiary alicyclic amines) is 1. The number of aliphatic hydroxyl groups is 1. The number of hydrogen-bond donors (Lipinski definition) is 1. The Kier molecular flexibility index (Phi) is 5.50. The standard InChI is InChI=1S/C30H34N2O6/c1-17(33)37-25-7-4-19-13-23-21-5-6-22(31(2)26(35)8-3-18-9-12-36-16-18)29-30(21,27(19)28(25)38-29)10-11-32(23)15-20-14-24(20)34/h3-4,7-9,12,16,20-24,29,34H,5-6,10-11,13-15H2,1-2H3/t20?,21-,22-,23+,24?,29-,30-/m0/s1. The number of aliphatic hydroxyl groups excluding tert-OH is 1. The van der Waals surface area contributed by atoms with Crippen LogP contribution in [0.3, 0.4) is 0 Å². The van der Waals surface area contributed by atoms with E-state index in [1.54, 1.807) is 24.7 Å². The second-order valence-electron chi connectivity index (χ2n) is 11.8. The minimum Gasteiger partial charge on any atom is -0.483 e. The summed E-state index contributed by atoms with van der Waals surface area (Å²) in [4.78, 5) is 29.7. The highest BCUT2D eigenvalue weighted by molar-refractivity contribution is 5.92. The summed E-state index contributed by atoms with van der Waals surface area (Å²) in [5.74, 6) is 1.50. The van der Waals surface area contributed by atoms with Gasteiger partial charge in [0.15, 0.2) is 11.5 Å². The van der Waals surface area contributed by atoms with Crippen LogP contribution in [0.15, 0.2) is 41.2 Å². The third kappa shape index (κ3) is 3.57. The molecular weight excluding hydrogens is 484 g/mol. The molecule has 2 bridgehead atoms. The highest BCUT2D eigenvalue weighted by atomic mass is 16.6. The number of esters is 1. The van der Waals surface area contributed by atoms with Gasteiger partial charge in [0, 0.05) is 55.1 Å². The van der Waals surface area contributed by atoms with Crippen LogP contribution in [0.25, 0.3) is 6.08 Å². The van der Waals surface area contributed by atoms with Gasteiger partial charge < -0.3 is 23.9 Å². The third-order valence-corrected chi connectivity index (χ3v) is 9.80. The zero-order valence-corrected chi connectivity index (χ0v) is 21.8. The molecule has 0 radical (unpaired) electrons. The van der Waals surface area contributed by atoms with E-state index in [1.165, 1.54) is 18.1 Å². The molecule has 38 heavy (non-hydrogen) atoms. The Morgan fingerprint density at radius 1 is 1.29 bits per heavy atom. The Hall–Kier alpha value is -3.10. The van der Waals surface area contributed by atoms with Crippen molar-refractivity contribution in [2.45, 2.75) is 68.7 Å². The predicted octanol–water partition coefficient (Wildman–Crippen LogP) is 3.17. The Balaban J connectivity index is 1.26. The average Bonchev–Trinajstić information content (AvgIpc) is 3.26. The molecule has 1 amide bonds. The summed E-state index contributed by atoms with van der Waals surface area (Å²) in [6.45, 7) is 3.29. The summed E-state index contributed by atoms with van der Waals surface area (Å²) >= 11 is 0. The predicted molar refractivity (Wildman–Crippen MR) is 139 cm³/mol. The van der Waals surface area contributed by atoms with Gasteiger partial charge in [0.05, 0.1) is 24.7 Å². The van der Waals surface area contributed by atoms with Crippen molar-refractivity contribution in [3.8, 4) is 11.5 Å². The van der Waals surface area contributed by atoms with Gasteiger partial charge in [-0.15, -0.1) is 0 Å². The normalized spacial score (nSPS) is 34.5. The average molecular weight is 519 g/mol. The van der Waals surface area contributed by atoms with Crippen LogP contribution in [0.5, 0.6) is 11.5 Å². The van der Waals surface area contributed by atoms with E-state index in [2.05, 4.69) is 11.0 Å². The molecule has 1 N–H and O–H groups in total. The number of benzene rings is 1. The van der Waals surface area contributed by atoms with Gasteiger partial charge in [-0.05, 0) is 68.3 Å². The molecule has 3 aliphatic carbocycles. The van der Waals surface area contributed by atoms with E-state index < -0.39 is 0 Å². The van der Waals surface area contributed by atoms with Gasteiger partial charge in [-0.25, -0.2) is 0 Å². The molecule has 8 nitrogen and oxygen atoms in total. The number of carbonyl (C=O) groups excluding carboxylic acids is 2. The van der Waals surface area contributed by atoms with Crippen molar-refractivity contribution < 1.29 is 28.6 Å². The van der Waals surface area contributed by atoms with Crippen molar-refractivity contribution in [3.05, 3.63) is 53.5 Å². The lowest BCUT2D eigenvalue weighted by molar-refractivity contribution is -0.135. The van der Waals surface area contributed by atoms with Crippen molar-refractivity contribution in [1.82, 2.24) is 9.80 Å². The molecule has 8 heteroatoms. The first-order valence-corrected chi connectivity index (χ1v) is 13.8. The monoisotopic (exact) mass is 518 g/mol. The minimum absolute atomic E-state index is 0.0708. The quantitative estimate of drug-likeness (QED) is 0.357. The van der Waals surface area contributed by atoms with Gasteiger partial charge in [0.1, 0.15) is 6.10 Å². The smallest absolute Gasteiger partial charge is 0.308 e. The lowest BCUT2D eigenvalue weighted by Gasteiger charge is -2.60. The van der Waals surface area contributed by atoms with E-state index in [-0.39, 0.29) is 35.5 Å². The fourth-order valence-corrected chi connectivity index (χ4v) is 7.99. The van der Waals surface area contributed by atoms with Gasteiger partial charge in [-0.3, -0.25) is 14.5 Å². The Labute approximate surface area is 222 Å². The summed E-state index contributed by atoms with van der Waals surface area (Å²) in [6.07, 6.45) is 10.8. The Morgan fingerprint density at radius 2 is 2.13 bits per heavy atom. The number of furan rings is 1. The van der Waals surface area contributed by atoms with Crippen molar-refractivity contribution in [2.24, 2.45) is 11.8 Å². The van der Waals surface area contributed by atoms with E-state index in [1.807, 2.05) is 24.1 Å². The second kappa shape index (κ2) is 8.71.